The first-order chi connectivity index (χ1) is 12.0. The number of urea groups is 1. The summed E-state index contributed by atoms with van der Waals surface area (Å²) in [7, 11) is 0. The first-order valence-corrected chi connectivity index (χ1v) is 9.48. The predicted molar refractivity (Wildman–Crippen MR) is 98.2 cm³/mol. The number of likely N-dealkylation sites (tertiary alicyclic amines) is 2. The Morgan fingerprint density at radius 2 is 1.72 bits per heavy atom. The van der Waals surface area contributed by atoms with Crippen LogP contribution >= 0.6 is 0 Å². The van der Waals surface area contributed by atoms with Crippen LogP contribution in [0.5, 0.6) is 0 Å². The molecule has 2 heterocycles. The highest BCUT2D eigenvalue weighted by atomic mass is 19.1. The van der Waals surface area contributed by atoms with Gasteiger partial charge in [-0.15, -0.1) is 0 Å². The Kier molecular flexibility index (Phi) is 5.62. The molecule has 5 heteroatoms. The molecule has 2 saturated heterocycles. The Labute approximate surface area is 150 Å². The van der Waals surface area contributed by atoms with Gasteiger partial charge < -0.3 is 15.1 Å². The van der Waals surface area contributed by atoms with E-state index in [0.717, 1.165) is 31.5 Å². The van der Waals surface area contributed by atoms with Crippen molar-refractivity contribution in [1.29, 1.82) is 0 Å². The van der Waals surface area contributed by atoms with Gasteiger partial charge in [-0.05, 0) is 56.5 Å². The minimum Gasteiger partial charge on any atom is -0.337 e. The van der Waals surface area contributed by atoms with Crippen molar-refractivity contribution in [1.82, 2.24) is 15.1 Å². The Morgan fingerprint density at radius 1 is 1.12 bits per heavy atom. The molecule has 2 aliphatic rings. The van der Waals surface area contributed by atoms with E-state index in [2.05, 4.69) is 24.1 Å². The fourth-order valence-electron chi connectivity index (χ4n) is 3.95. The minimum absolute atomic E-state index is 0.0232. The highest BCUT2D eigenvalue weighted by molar-refractivity contribution is 5.74. The fourth-order valence-corrected chi connectivity index (χ4v) is 3.95. The molecule has 2 amide bonds. The molecular formula is C20H30FN3O. The smallest absolute Gasteiger partial charge is 0.317 e. The predicted octanol–water partition coefficient (Wildman–Crippen LogP) is 3.37. The van der Waals surface area contributed by atoms with E-state index >= 15 is 0 Å². The molecule has 25 heavy (non-hydrogen) atoms. The molecule has 0 bridgehead atoms. The van der Waals surface area contributed by atoms with E-state index in [1.165, 1.54) is 38.1 Å². The number of nitrogens with one attached hydrogen (secondary N) is 1. The number of piperidine rings is 1. The van der Waals surface area contributed by atoms with Crippen molar-refractivity contribution >= 4 is 6.03 Å². The molecule has 0 radical (unpaired) electrons. The van der Waals surface area contributed by atoms with Gasteiger partial charge >= 0.3 is 6.03 Å². The van der Waals surface area contributed by atoms with Gasteiger partial charge in [0.1, 0.15) is 5.82 Å². The van der Waals surface area contributed by atoms with Crippen LogP contribution in [-0.4, -0.2) is 54.6 Å². The first-order valence-electron chi connectivity index (χ1n) is 9.48. The number of hydrogen-bond donors (Lipinski definition) is 1. The van der Waals surface area contributed by atoms with Crippen LogP contribution in [0.15, 0.2) is 24.3 Å². The molecule has 0 aliphatic carbocycles. The summed E-state index contributed by atoms with van der Waals surface area (Å²) in [6, 6.07) is 7.22. The summed E-state index contributed by atoms with van der Waals surface area (Å²) in [6.07, 6.45) is 4.79. The molecule has 0 aromatic heterocycles. The average Bonchev–Trinajstić information content (AvgIpc) is 3.15. The van der Waals surface area contributed by atoms with Crippen molar-refractivity contribution in [2.45, 2.75) is 51.0 Å². The summed E-state index contributed by atoms with van der Waals surface area (Å²) in [4.78, 5) is 17.0. The van der Waals surface area contributed by atoms with Gasteiger partial charge in [0.25, 0.3) is 0 Å². The lowest BCUT2D eigenvalue weighted by Gasteiger charge is -2.37. The Hall–Kier alpha value is -1.62. The number of halogens is 1. The van der Waals surface area contributed by atoms with Crippen molar-refractivity contribution < 1.29 is 9.18 Å². The third kappa shape index (κ3) is 4.51. The second-order valence-corrected chi connectivity index (χ2v) is 8.01. The van der Waals surface area contributed by atoms with E-state index in [1.54, 1.807) is 12.1 Å². The summed E-state index contributed by atoms with van der Waals surface area (Å²) in [5.41, 5.74) is 0.805. The maximum atomic E-state index is 13.1. The Morgan fingerprint density at radius 3 is 2.32 bits per heavy atom. The minimum atomic E-state index is -0.232. The maximum absolute atomic E-state index is 13.1. The Balaban J connectivity index is 1.47. The molecule has 0 unspecified atom stereocenters. The molecule has 138 valence electrons. The zero-order chi connectivity index (χ0) is 17.9. The van der Waals surface area contributed by atoms with Crippen LogP contribution in [0.3, 0.4) is 0 Å². The normalized spacial score (nSPS) is 20.0. The lowest BCUT2D eigenvalue weighted by Crippen LogP contribution is -2.50. The van der Waals surface area contributed by atoms with E-state index in [1.807, 2.05) is 4.90 Å². The number of amides is 2. The van der Waals surface area contributed by atoms with Gasteiger partial charge in [0.15, 0.2) is 0 Å². The van der Waals surface area contributed by atoms with Gasteiger partial charge in [-0.2, -0.15) is 0 Å². The van der Waals surface area contributed by atoms with Gasteiger partial charge in [0.2, 0.25) is 0 Å². The molecule has 1 aromatic carbocycles. The standard InChI is InChI=1S/C20H30FN3O/c1-20(2,16-5-7-17(21)8-6-16)15-22-19(25)24-13-9-18(10-14-24)23-11-3-4-12-23/h5-8,18H,3-4,9-15H2,1-2H3,(H,22,25). The topological polar surface area (TPSA) is 35.6 Å². The van der Waals surface area contributed by atoms with Gasteiger partial charge in [0.05, 0.1) is 0 Å². The van der Waals surface area contributed by atoms with Crippen molar-refractivity contribution in [3.8, 4) is 0 Å². The third-order valence-corrected chi connectivity index (χ3v) is 5.72. The van der Waals surface area contributed by atoms with E-state index in [4.69, 9.17) is 0 Å². The number of hydrogen-bond acceptors (Lipinski definition) is 2. The van der Waals surface area contributed by atoms with Gasteiger partial charge in [-0.25, -0.2) is 9.18 Å². The largest absolute Gasteiger partial charge is 0.337 e. The maximum Gasteiger partial charge on any atom is 0.317 e. The molecule has 2 fully saturated rings. The number of nitrogens with zero attached hydrogens (tertiary/aromatic N) is 2. The average molecular weight is 347 g/mol. The second-order valence-electron chi connectivity index (χ2n) is 8.01. The second kappa shape index (κ2) is 7.73. The quantitative estimate of drug-likeness (QED) is 0.906. The third-order valence-electron chi connectivity index (χ3n) is 5.72. The lowest BCUT2D eigenvalue weighted by atomic mass is 9.84. The molecule has 0 atom stereocenters. The number of carbonyl (C=O) groups is 1. The highest BCUT2D eigenvalue weighted by Gasteiger charge is 2.29. The molecule has 1 N–H and O–H groups in total. The van der Waals surface area contributed by atoms with Crippen LogP contribution in [0.4, 0.5) is 9.18 Å². The zero-order valence-corrected chi connectivity index (χ0v) is 15.4. The van der Waals surface area contributed by atoms with Crippen molar-refractivity contribution in [2.24, 2.45) is 0 Å². The summed E-state index contributed by atoms with van der Waals surface area (Å²) >= 11 is 0. The number of benzene rings is 1. The van der Waals surface area contributed by atoms with Crippen molar-refractivity contribution in [3.05, 3.63) is 35.6 Å². The van der Waals surface area contributed by atoms with Gasteiger partial charge in [-0.3, -0.25) is 0 Å². The molecule has 1 aromatic rings. The fraction of sp³-hybridized carbons (Fsp3) is 0.650. The van der Waals surface area contributed by atoms with E-state index in [-0.39, 0.29) is 17.3 Å². The summed E-state index contributed by atoms with van der Waals surface area (Å²) < 4.78 is 13.1. The van der Waals surface area contributed by atoms with Crippen molar-refractivity contribution in [2.75, 3.05) is 32.7 Å². The summed E-state index contributed by atoms with van der Waals surface area (Å²) in [6.45, 7) is 8.81. The monoisotopic (exact) mass is 347 g/mol. The molecular weight excluding hydrogens is 317 g/mol. The van der Waals surface area contributed by atoms with E-state index in [9.17, 15) is 9.18 Å². The number of rotatable bonds is 4. The van der Waals surface area contributed by atoms with Gasteiger partial charge in [0, 0.05) is 31.1 Å². The summed E-state index contributed by atoms with van der Waals surface area (Å²) in [5.74, 6) is -0.232. The molecule has 3 rings (SSSR count). The van der Waals surface area contributed by atoms with E-state index < -0.39 is 0 Å². The molecule has 2 aliphatic heterocycles. The molecule has 0 spiro atoms. The Bertz CT molecular complexity index is 573. The van der Waals surface area contributed by atoms with Crippen molar-refractivity contribution in [3.63, 3.8) is 0 Å². The van der Waals surface area contributed by atoms with Crippen LogP contribution in [0.1, 0.15) is 45.1 Å². The van der Waals surface area contributed by atoms with Crippen LogP contribution in [0.2, 0.25) is 0 Å². The van der Waals surface area contributed by atoms with Crippen LogP contribution in [0, 0.1) is 5.82 Å². The van der Waals surface area contributed by atoms with Crippen LogP contribution in [-0.2, 0) is 5.41 Å². The molecule has 4 nitrogen and oxygen atoms in total. The summed E-state index contributed by atoms with van der Waals surface area (Å²) in [5, 5.41) is 3.07. The lowest BCUT2D eigenvalue weighted by molar-refractivity contribution is 0.133. The van der Waals surface area contributed by atoms with Gasteiger partial charge in [-0.1, -0.05) is 26.0 Å². The highest BCUT2D eigenvalue weighted by Crippen LogP contribution is 2.23. The van der Waals surface area contributed by atoms with Crippen LogP contribution in [0.25, 0.3) is 0 Å². The SMILES string of the molecule is CC(C)(CNC(=O)N1CCC(N2CCCC2)CC1)c1ccc(F)cc1. The molecule has 0 saturated carbocycles. The van der Waals surface area contributed by atoms with Crippen LogP contribution < -0.4 is 5.32 Å². The first kappa shape index (κ1) is 18.2. The van der Waals surface area contributed by atoms with E-state index in [0.29, 0.717) is 12.6 Å². The zero-order valence-electron chi connectivity index (χ0n) is 15.4. The number of carbonyl (C=O) groups excluding carboxylic acids is 1.